The van der Waals surface area contributed by atoms with E-state index in [1.54, 1.807) is 12.1 Å². The number of amides is 2. The van der Waals surface area contributed by atoms with Crippen LogP contribution in [0.1, 0.15) is 5.56 Å². The first-order valence-electron chi connectivity index (χ1n) is 6.00. The van der Waals surface area contributed by atoms with Crippen LogP contribution in [0.15, 0.2) is 48.5 Å². The van der Waals surface area contributed by atoms with Crippen molar-refractivity contribution in [1.29, 1.82) is 0 Å². The summed E-state index contributed by atoms with van der Waals surface area (Å²) in [6.45, 7) is 0. The second-order valence-corrected chi connectivity index (χ2v) is 4.74. The second kappa shape index (κ2) is 6.25. The van der Waals surface area contributed by atoms with Crippen molar-refractivity contribution in [2.45, 2.75) is 6.18 Å². The zero-order valence-electron chi connectivity index (χ0n) is 10.9. The summed E-state index contributed by atoms with van der Waals surface area (Å²) >= 11 is 5.74. The summed E-state index contributed by atoms with van der Waals surface area (Å²) in [5, 5.41) is 12.5. The van der Waals surface area contributed by atoms with Gasteiger partial charge in [0.2, 0.25) is 0 Å². The largest absolute Gasteiger partial charge is 0.416 e. The molecule has 0 atom stereocenters. The maximum absolute atomic E-state index is 12.6. The Bertz CT molecular complexity index is 692. The monoisotopic (exact) mass is 330 g/mol. The molecule has 0 fully saturated rings. The summed E-state index contributed by atoms with van der Waals surface area (Å²) < 4.78 is 37.8. The minimum absolute atomic E-state index is 0.0934. The zero-order chi connectivity index (χ0) is 16.3. The first-order valence-corrected chi connectivity index (χ1v) is 6.38. The Labute approximate surface area is 128 Å². The summed E-state index contributed by atoms with van der Waals surface area (Å²) in [4.78, 5) is 11.8. The topological polar surface area (TPSA) is 52.6 Å². The molecule has 0 aromatic heterocycles. The number of alkyl halides is 3. The average Bonchev–Trinajstić information content (AvgIpc) is 2.45. The Morgan fingerprint density at radius 1 is 1.14 bits per heavy atom. The van der Waals surface area contributed by atoms with Gasteiger partial charge in [0, 0.05) is 10.7 Å². The van der Waals surface area contributed by atoms with Gasteiger partial charge in [-0.15, -0.1) is 0 Å². The van der Waals surface area contributed by atoms with Crippen molar-refractivity contribution >= 4 is 29.0 Å². The molecule has 0 aliphatic rings. The zero-order valence-corrected chi connectivity index (χ0v) is 11.7. The molecule has 0 saturated heterocycles. The molecule has 22 heavy (non-hydrogen) atoms. The highest BCUT2D eigenvalue weighted by Crippen LogP contribution is 2.31. The molecule has 2 rings (SSSR count). The van der Waals surface area contributed by atoms with Crippen molar-refractivity contribution in [2.75, 3.05) is 10.4 Å². The molecule has 4 nitrogen and oxygen atoms in total. The van der Waals surface area contributed by atoms with Crippen molar-refractivity contribution < 1.29 is 23.2 Å². The quantitative estimate of drug-likeness (QED) is 0.614. The molecular weight excluding hydrogens is 321 g/mol. The van der Waals surface area contributed by atoms with E-state index in [0.29, 0.717) is 16.8 Å². The maximum atomic E-state index is 12.6. The molecule has 2 aromatic carbocycles. The summed E-state index contributed by atoms with van der Waals surface area (Å²) in [6.07, 6.45) is -4.57. The normalized spacial score (nSPS) is 11.1. The number of urea groups is 1. The van der Waals surface area contributed by atoms with Gasteiger partial charge in [0.25, 0.3) is 0 Å². The predicted octanol–water partition coefficient (Wildman–Crippen LogP) is 4.79. The molecule has 2 N–H and O–H groups in total. The van der Waals surface area contributed by atoms with E-state index in [2.05, 4.69) is 5.32 Å². The van der Waals surface area contributed by atoms with E-state index in [9.17, 15) is 23.2 Å². The summed E-state index contributed by atoms with van der Waals surface area (Å²) in [7, 11) is 0. The third-order valence-electron chi connectivity index (χ3n) is 2.69. The number of nitrogens with zero attached hydrogens (tertiary/aromatic N) is 1. The number of rotatable bonds is 2. The molecule has 116 valence electrons. The van der Waals surface area contributed by atoms with Crippen LogP contribution in [-0.2, 0) is 6.18 Å². The molecule has 0 saturated carbocycles. The van der Waals surface area contributed by atoms with E-state index in [4.69, 9.17) is 11.6 Å². The molecule has 0 aliphatic carbocycles. The SMILES string of the molecule is O=C(Nc1cccc(Cl)c1)N(O)c1cccc(C(F)(F)F)c1. The van der Waals surface area contributed by atoms with Crippen molar-refractivity contribution in [1.82, 2.24) is 0 Å². The van der Waals surface area contributed by atoms with Crippen LogP contribution in [0.5, 0.6) is 0 Å². The molecule has 0 aliphatic heterocycles. The van der Waals surface area contributed by atoms with Gasteiger partial charge in [-0.05, 0) is 36.4 Å². The fraction of sp³-hybridized carbons (Fsp3) is 0.0714. The van der Waals surface area contributed by atoms with E-state index in [0.717, 1.165) is 12.1 Å². The lowest BCUT2D eigenvalue weighted by Gasteiger charge is -2.17. The van der Waals surface area contributed by atoms with Crippen LogP contribution in [0, 0.1) is 0 Å². The molecular formula is C14H10ClF3N2O2. The van der Waals surface area contributed by atoms with E-state index < -0.39 is 17.8 Å². The first kappa shape index (κ1) is 16.1. The number of hydroxylamine groups is 1. The van der Waals surface area contributed by atoms with E-state index in [1.807, 2.05) is 0 Å². The number of nitrogens with one attached hydrogen (secondary N) is 1. The number of hydrogen-bond acceptors (Lipinski definition) is 2. The number of carbonyl (C=O) groups is 1. The van der Waals surface area contributed by atoms with Crippen LogP contribution in [0.3, 0.4) is 0 Å². The number of hydrogen-bond donors (Lipinski definition) is 2. The third kappa shape index (κ3) is 3.90. The van der Waals surface area contributed by atoms with Gasteiger partial charge in [-0.2, -0.15) is 18.2 Å². The lowest BCUT2D eigenvalue weighted by atomic mass is 10.2. The Kier molecular flexibility index (Phi) is 4.58. The fourth-order valence-corrected chi connectivity index (χ4v) is 1.86. The fourth-order valence-electron chi connectivity index (χ4n) is 1.67. The van der Waals surface area contributed by atoms with Crippen LogP contribution in [0.25, 0.3) is 0 Å². The van der Waals surface area contributed by atoms with Crippen LogP contribution in [-0.4, -0.2) is 11.2 Å². The summed E-state index contributed by atoms with van der Waals surface area (Å²) in [5.74, 6) is 0. The van der Waals surface area contributed by atoms with Crippen molar-refractivity contribution in [3.05, 3.63) is 59.1 Å². The molecule has 2 aromatic rings. The van der Waals surface area contributed by atoms with Gasteiger partial charge in [-0.3, -0.25) is 5.21 Å². The van der Waals surface area contributed by atoms with Crippen molar-refractivity contribution in [3.8, 4) is 0 Å². The smallest absolute Gasteiger partial charge is 0.306 e. The predicted molar refractivity (Wildman–Crippen MR) is 76.2 cm³/mol. The van der Waals surface area contributed by atoms with Crippen molar-refractivity contribution in [3.63, 3.8) is 0 Å². The first-order chi connectivity index (χ1) is 10.3. The highest BCUT2D eigenvalue weighted by Gasteiger charge is 2.31. The van der Waals surface area contributed by atoms with Gasteiger partial charge in [0.1, 0.15) is 0 Å². The van der Waals surface area contributed by atoms with Crippen LogP contribution in [0.4, 0.5) is 29.3 Å². The Morgan fingerprint density at radius 3 is 2.45 bits per heavy atom. The number of carbonyl (C=O) groups excluding carboxylic acids is 1. The van der Waals surface area contributed by atoms with E-state index >= 15 is 0 Å². The molecule has 0 spiro atoms. The number of halogens is 4. The van der Waals surface area contributed by atoms with Crippen LogP contribution in [0.2, 0.25) is 5.02 Å². The summed E-state index contributed by atoms with van der Waals surface area (Å²) in [5.41, 5.74) is -0.988. The lowest BCUT2D eigenvalue weighted by Crippen LogP contribution is -2.32. The highest BCUT2D eigenvalue weighted by molar-refractivity contribution is 6.30. The van der Waals surface area contributed by atoms with Gasteiger partial charge in [0.05, 0.1) is 11.3 Å². The Balaban J connectivity index is 2.17. The summed E-state index contributed by atoms with van der Waals surface area (Å²) in [6, 6.07) is 8.86. The van der Waals surface area contributed by atoms with Crippen LogP contribution < -0.4 is 10.4 Å². The standard InChI is InChI=1S/C14H10ClF3N2O2/c15-10-4-2-5-11(8-10)19-13(21)20(22)12-6-1-3-9(7-12)14(16,17)18/h1-8,22H,(H,19,21). The minimum atomic E-state index is -4.57. The Hall–Kier alpha value is -2.25. The van der Waals surface area contributed by atoms with Crippen molar-refractivity contribution in [2.24, 2.45) is 0 Å². The van der Waals surface area contributed by atoms with Gasteiger partial charge < -0.3 is 5.32 Å². The van der Waals surface area contributed by atoms with E-state index in [-0.39, 0.29) is 10.8 Å². The molecule has 8 heteroatoms. The Morgan fingerprint density at radius 2 is 1.82 bits per heavy atom. The van der Waals surface area contributed by atoms with Crippen LogP contribution >= 0.6 is 11.6 Å². The van der Waals surface area contributed by atoms with E-state index in [1.165, 1.54) is 18.2 Å². The van der Waals surface area contributed by atoms with Gasteiger partial charge in [0.15, 0.2) is 0 Å². The third-order valence-corrected chi connectivity index (χ3v) is 2.92. The highest BCUT2D eigenvalue weighted by atomic mass is 35.5. The molecule has 0 bridgehead atoms. The maximum Gasteiger partial charge on any atom is 0.416 e. The van der Waals surface area contributed by atoms with Gasteiger partial charge >= 0.3 is 12.2 Å². The molecule has 2 amide bonds. The minimum Gasteiger partial charge on any atom is -0.306 e. The van der Waals surface area contributed by atoms with Gasteiger partial charge in [-0.1, -0.05) is 23.7 Å². The lowest BCUT2D eigenvalue weighted by molar-refractivity contribution is -0.137. The van der Waals surface area contributed by atoms with Gasteiger partial charge in [-0.25, -0.2) is 4.79 Å². The molecule has 0 heterocycles. The molecule has 0 radical (unpaired) electrons. The average molecular weight is 331 g/mol. The number of benzene rings is 2. The molecule has 0 unspecified atom stereocenters. The second-order valence-electron chi connectivity index (χ2n) is 4.30. The number of anilines is 2.